The minimum Gasteiger partial charge on any atom is -0.266 e. The van der Waals surface area contributed by atoms with Gasteiger partial charge in [-0.3, -0.25) is 4.79 Å². The number of hydrogen-bond donors (Lipinski definition) is 1. The second kappa shape index (κ2) is 6.29. The summed E-state index contributed by atoms with van der Waals surface area (Å²) < 4.78 is 37.9. The molecule has 0 radical (unpaired) electrons. The average molecular weight is 283 g/mol. The van der Waals surface area contributed by atoms with E-state index in [0.29, 0.717) is 5.56 Å². The van der Waals surface area contributed by atoms with Crippen molar-refractivity contribution >= 4 is 22.0 Å². The maximum Gasteiger partial charge on any atom is 0.293 e. The first-order valence-corrected chi connectivity index (χ1v) is 7.00. The number of rotatable bonds is 4. The summed E-state index contributed by atoms with van der Waals surface area (Å²) in [5.41, 5.74) is 0.766. The van der Waals surface area contributed by atoms with Crippen molar-refractivity contribution in [3.05, 3.63) is 52.7 Å². The van der Waals surface area contributed by atoms with Crippen molar-refractivity contribution < 1.29 is 17.6 Å². The molecule has 0 fully saturated rings. The summed E-state index contributed by atoms with van der Waals surface area (Å²) in [6, 6.07) is 8.67. The van der Waals surface area contributed by atoms with Gasteiger partial charge in [-0.25, -0.2) is 17.5 Å². The Morgan fingerprint density at radius 1 is 1.21 bits per heavy atom. The number of carbonyl (C=O) groups excluding carboxylic acids is 1. The second-order valence-corrected chi connectivity index (χ2v) is 5.57. The van der Waals surface area contributed by atoms with Crippen LogP contribution in [0.25, 0.3) is 6.08 Å². The summed E-state index contributed by atoms with van der Waals surface area (Å²) in [5, 5.41) is 0.818. The fraction of sp³-hybridized carbons (Fsp3) is 0.154. The molecule has 0 heterocycles. The van der Waals surface area contributed by atoms with Gasteiger partial charge in [-0.1, -0.05) is 30.3 Å². The van der Waals surface area contributed by atoms with Gasteiger partial charge in [-0.2, -0.15) is 0 Å². The number of nitrogens with one attached hydrogen (secondary N) is 1. The van der Waals surface area contributed by atoms with Crippen LogP contribution in [0.5, 0.6) is 0 Å². The fourth-order valence-electron chi connectivity index (χ4n) is 1.17. The smallest absolute Gasteiger partial charge is 0.266 e. The molecule has 0 saturated heterocycles. The molecule has 1 amide bonds. The lowest BCUT2D eigenvalue weighted by atomic mass is 10.2. The Morgan fingerprint density at radius 2 is 1.79 bits per heavy atom. The zero-order valence-corrected chi connectivity index (χ0v) is 11.4. The lowest BCUT2D eigenvalue weighted by molar-refractivity contribution is -0.117. The monoisotopic (exact) mass is 283 g/mol. The van der Waals surface area contributed by atoms with Crippen molar-refractivity contribution in [3.63, 3.8) is 0 Å². The Kier molecular flexibility index (Phi) is 5.00. The molecule has 1 aromatic rings. The Morgan fingerprint density at radius 3 is 2.32 bits per heavy atom. The van der Waals surface area contributed by atoms with E-state index in [-0.39, 0.29) is 5.57 Å². The van der Waals surface area contributed by atoms with Crippen molar-refractivity contribution in [1.82, 2.24) is 4.72 Å². The molecule has 0 atom stereocenters. The third-order valence-corrected chi connectivity index (χ3v) is 3.08. The van der Waals surface area contributed by atoms with E-state index in [2.05, 4.69) is 0 Å². The molecule has 0 spiro atoms. The molecule has 102 valence electrons. The van der Waals surface area contributed by atoms with Gasteiger partial charge in [-0.05, 0) is 31.1 Å². The average Bonchev–Trinajstić information content (AvgIpc) is 2.36. The zero-order valence-electron chi connectivity index (χ0n) is 10.6. The molecule has 1 N–H and O–H groups in total. The molecule has 0 aliphatic carbocycles. The summed E-state index contributed by atoms with van der Waals surface area (Å²) in [4.78, 5) is 11.3. The summed E-state index contributed by atoms with van der Waals surface area (Å²) in [7, 11) is -4.01. The van der Waals surface area contributed by atoms with E-state index >= 15 is 0 Å². The van der Waals surface area contributed by atoms with E-state index in [1.165, 1.54) is 19.9 Å². The lowest BCUT2D eigenvalue weighted by Crippen LogP contribution is -2.29. The molecule has 19 heavy (non-hydrogen) atoms. The van der Waals surface area contributed by atoms with Gasteiger partial charge in [0, 0.05) is 0 Å². The van der Waals surface area contributed by atoms with Crippen LogP contribution in [0.2, 0.25) is 0 Å². The maximum atomic E-state index is 13.2. The molecule has 1 aromatic carbocycles. The largest absolute Gasteiger partial charge is 0.293 e. The topological polar surface area (TPSA) is 63.2 Å². The number of benzene rings is 1. The van der Waals surface area contributed by atoms with Gasteiger partial charge in [0.1, 0.15) is 0 Å². The van der Waals surface area contributed by atoms with Crippen LogP contribution >= 0.6 is 0 Å². The zero-order chi connectivity index (χ0) is 14.5. The van der Waals surface area contributed by atoms with Crippen LogP contribution in [0.15, 0.2) is 47.1 Å². The molecular weight excluding hydrogens is 269 g/mol. The quantitative estimate of drug-likeness (QED) is 0.863. The molecule has 6 heteroatoms. The third-order valence-electron chi connectivity index (χ3n) is 2.11. The van der Waals surface area contributed by atoms with Crippen LogP contribution in [0, 0.1) is 0 Å². The van der Waals surface area contributed by atoms with Crippen LogP contribution in [-0.2, 0) is 14.8 Å². The minimum absolute atomic E-state index is 0.111. The van der Waals surface area contributed by atoms with Crippen LogP contribution in [0.4, 0.5) is 4.39 Å². The van der Waals surface area contributed by atoms with Crippen molar-refractivity contribution in [2.24, 2.45) is 0 Å². The van der Waals surface area contributed by atoms with Gasteiger partial charge in [0.25, 0.3) is 15.9 Å². The molecule has 1 rings (SSSR count). The Balaban J connectivity index is 2.81. The normalized spacial score (nSPS) is 11.3. The summed E-state index contributed by atoms with van der Waals surface area (Å²) in [6.45, 7) is 2.75. The predicted molar refractivity (Wildman–Crippen MR) is 72.0 cm³/mol. The number of amides is 1. The highest BCUT2D eigenvalue weighted by molar-refractivity contribution is 7.93. The molecular formula is C13H14FNO3S. The number of carbonyl (C=O) groups is 1. The Bertz CT molecular complexity index is 615. The van der Waals surface area contributed by atoms with Crippen molar-refractivity contribution in [2.75, 3.05) is 0 Å². The highest BCUT2D eigenvalue weighted by Gasteiger charge is 2.16. The van der Waals surface area contributed by atoms with Gasteiger partial charge < -0.3 is 0 Å². The van der Waals surface area contributed by atoms with Crippen molar-refractivity contribution in [2.45, 2.75) is 13.8 Å². The van der Waals surface area contributed by atoms with Gasteiger partial charge >= 0.3 is 0 Å². The highest BCUT2D eigenvalue weighted by atomic mass is 32.2. The number of hydrogen-bond acceptors (Lipinski definition) is 3. The number of halogens is 1. The molecule has 0 bridgehead atoms. The first-order chi connectivity index (χ1) is 8.82. The van der Waals surface area contributed by atoms with E-state index in [1.54, 1.807) is 35.1 Å². The van der Waals surface area contributed by atoms with E-state index < -0.39 is 21.8 Å². The molecule has 0 saturated carbocycles. The Hall–Kier alpha value is -1.95. The molecule has 0 aliphatic heterocycles. The molecule has 4 nitrogen and oxygen atoms in total. The second-order valence-electron chi connectivity index (χ2n) is 4.00. The van der Waals surface area contributed by atoms with Crippen LogP contribution in [0.3, 0.4) is 0 Å². The molecule has 0 aliphatic rings. The third kappa shape index (κ3) is 5.05. The van der Waals surface area contributed by atoms with Crippen LogP contribution < -0.4 is 4.72 Å². The predicted octanol–water partition coefficient (Wildman–Crippen LogP) is 2.37. The highest BCUT2D eigenvalue weighted by Crippen LogP contribution is 2.06. The lowest BCUT2D eigenvalue weighted by Gasteiger charge is -2.02. The standard InChI is InChI=1S/C13H14FNO3S/c1-10(2)12(14)13(16)15-19(17,18)9-8-11-6-4-3-5-7-11/h3-9H,1-2H3,(H,15,16)/b9-8+. The fourth-order valence-corrected chi connectivity index (χ4v) is 1.92. The van der Waals surface area contributed by atoms with Gasteiger partial charge in [0.15, 0.2) is 5.83 Å². The van der Waals surface area contributed by atoms with Gasteiger partial charge in [0.2, 0.25) is 0 Å². The van der Waals surface area contributed by atoms with E-state index in [1.807, 2.05) is 0 Å². The van der Waals surface area contributed by atoms with Gasteiger partial charge in [0.05, 0.1) is 5.41 Å². The maximum absolute atomic E-state index is 13.2. The summed E-state index contributed by atoms with van der Waals surface area (Å²) >= 11 is 0. The summed E-state index contributed by atoms with van der Waals surface area (Å²) in [5.74, 6) is -2.37. The minimum atomic E-state index is -4.01. The SMILES string of the molecule is CC(C)=C(F)C(=O)NS(=O)(=O)/C=C/c1ccccc1. The summed E-state index contributed by atoms with van der Waals surface area (Å²) in [6.07, 6.45) is 1.32. The van der Waals surface area contributed by atoms with E-state index in [4.69, 9.17) is 0 Å². The van der Waals surface area contributed by atoms with E-state index in [9.17, 15) is 17.6 Å². The first kappa shape index (κ1) is 15.1. The Labute approximate surface area is 111 Å². The number of sulfonamides is 1. The van der Waals surface area contributed by atoms with Crippen LogP contribution in [0.1, 0.15) is 19.4 Å². The molecule has 0 aromatic heterocycles. The first-order valence-electron chi connectivity index (χ1n) is 5.45. The van der Waals surface area contributed by atoms with Crippen LogP contribution in [-0.4, -0.2) is 14.3 Å². The van der Waals surface area contributed by atoms with Gasteiger partial charge in [-0.15, -0.1) is 0 Å². The number of allylic oxidation sites excluding steroid dienone is 1. The van der Waals surface area contributed by atoms with Crippen molar-refractivity contribution in [3.8, 4) is 0 Å². The van der Waals surface area contributed by atoms with E-state index in [0.717, 1.165) is 5.41 Å². The molecule has 0 unspecified atom stereocenters. The van der Waals surface area contributed by atoms with Crippen molar-refractivity contribution in [1.29, 1.82) is 0 Å².